The third kappa shape index (κ3) is 22.6. The minimum atomic E-state index is -1.06. The smallest absolute Gasteiger partial charge is 0.424 e. The molecule has 1 rings (SSSR count). The Morgan fingerprint density at radius 2 is 0.952 bits per heavy atom. The Morgan fingerprint density at radius 3 is 1.38 bits per heavy atom. The molecule has 1 N–H and O–H groups in total. The monoisotopic (exact) mass is 592 g/mol. The van der Waals surface area contributed by atoms with Gasteiger partial charge in [-0.2, -0.15) is 0 Å². The van der Waals surface area contributed by atoms with Gasteiger partial charge in [-0.05, 0) is 25.3 Å². The van der Waals surface area contributed by atoms with Gasteiger partial charge in [0.1, 0.15) is 0 Å². The van der Waals surface area contributed by atoms with Crippen LogP contribution in [0, 0.1) is 0 Å². The van der Waals surface area contributed by atoms with Gasteiger partial charge in [-0.15, -0.1) is 0 Å². The fourth-order valence-electron chi connectivity index (χ4n) is 5.36. The van der Waals surface area contributed by atoms with Crippen molar-refractivity contribution in [3.63, 3.8) is 0 Å². The van der Waals surface area contributed by atoms with Crippen LogP contribution in [0.2, 0.25) is 0 Å². The largest absolute Gasteiger partial charge is 0.502 e. The molecule has 0 spiro atoms. The van der Waals surface area contributed by atoms with Crippen LogP contribution in [0.3, 0.4) is 0 Å². The number of carbonyl (C=O) groups excluding carboxylic acids is 2. The van der Waals surface area contributed by atoms with Gasteiger partial charge in [0.2, 0.25) is 5.76 Å². The van der Waals surface area contributed by atoms with Gasteiger partial charge in [-0.1, -0.05) is 168 Å². The molecule has 0 aromatic rings. The zero-order valence-corrected chi connectivity index (χ0v) is 27.4. The van der Waals surface area contributed by atoms with Gasteiger partial charge in [0.15, 0.2) is 5.76 Å². The molecule has 0 atom stereocenters. The molecule has 0 aliphatic carbocycles. The lowest BCUT2D eigenvalue weighted by atomic mass is 10.0. The van der Waals surface area contributed by atoms with Crippen molar-refractivity contribution in [2.45, 2.75) is 194 Å². The van der Waals surface area contributed by atoms with Crippen LogP contribution in [0.1, 0.15) is 194 Å². The third-order valence-corrected chi connectivity index (χ3v) is 8.18. The van der Waals surface area contributed by atoms with Crippen molar-refractivity contribution < 1.29 is 29.2 Å². The van der Waals surface area contributed by atoms with E-state index in [1.807, 2.05) is 0 Å². The van der Waals surface area contributed by atoms with E-state index in [9.17, 15) is 14.7 Å². The molecule has 244 valence electrons. The maximum atomic E-state index is 12.0. The summed E-state index contributed by atoms with van der Waals surface area (Å²) < 4.78 is 5.23. The first kappa shape index (κ1) is 38.0. The quantitative estimate of drug-likeness (QED) is 0.0293. The highest BCUT2D eigenvalue weighted by Gasteiger charge is 2.35. The standard InChI is InChI=1S/C36H64O6/c1-3-5-7-9-11-13-15-17-19-20-22-24-26-28-30-32(37)35(38)41-42-36(39)34-33(40-34)31-29-27-25-23-21-18-16-14-12-10-8-6-4-2/h30,37H,3-29,31H2,1-2H3/b32-30-. The summed E-state index contributed by atoms with van der Waals surface area (Å²) in [6, 6.07) is 0. The number of allylic oxidation sites excluding steroid dienone is 2. The zero-order chi connectivity index (χ0) is 30.5. The Bertz CT molecular complexity index is 727. The lowest BCUT2D eigenvalue weighted by Crippen LogP contribution is -2.12. The van der Waals surface area contributed by atoms with E-state index in [1.165, 1.54) is 147 Å². The number of ether oxygens (including phenoxy) is 1. The van der Waals surface area contributed by atoms with Gasteiger partial charge in [-0.25, -0.2) is 19.4 Å². The molecule has 0 aromatic heterocycles. The zero-order valence-electron chi connectivity index (χ0n) is 27.4. The van der Waals surface area contributed by atoms with E-state index < -0.39 is 17.7 Å². The van der Waals surface area contributed by atoms with E-state index in [2.05, 4.69) is 23.6 Å². The van der Waals surface area contributed by atoms with Crippen LogP contribution in [0.4, 0.5) is 0 Å². The van der Waals surface area contributed by atoms with E-state index in [4.69, 9.17) is 4.74 Å². The second kappa shape index (κ2) is 27.8. The lowest BCUT2D eigenvalue weighted by Gasteiger charge is -2.03. The normalized spacial score (nSPS) is 12.9. The maximum absolute atomic E-state index is 12.0. The van der Waals surface area contributed by atoms with Crippen LogP contribution < -0.4 is 0 Å². The van der Waals surface area contributed by atoms with Crippen LogP contribution in [0.5, 0.6) is 0 Å². The van der Waals surface area contributed by atoms with Gasteiger partial charge in [0, 0.05) is 6.42 Å². The molecule has 0 radical (unpaired) electrons. The van der Waals surface area contributed by atoms with Crippen molar-refractivity contribution in [2.75, 3.05) is 0 Å². The third-order valence-electron chi connectivity index (χ3n) is 8.18. The van der Waals surface area contributed by atoms with Crippen LogP contribution in [0.25, 0.3) is 0 Å². The first-order chi connectivity index (χ1) is 20.6. The van der Waals surface area contributed by atoms with Crippen molar-refractivity contribution in [1.29, 1.82) is 0 Å². The van der Waals surface area contributed by atoms with Crippen molar-refractivity contribution in [3.8, 4) is 0 Å². The molecule has 0 saturated carbocycles. The topological polar surface area (TPSA) is 85.4 Å². The summed E-state index contributed by atoms with van der Waals surface area (Å²) in [4.78, 5) is 32.9. The lowest BCUT2D eigenvalue weighted by molar-refractivity contribution is -0.254. The van der Waals surface area contributed by atoms with E-state index in [0.717, 1.165) is 25.7 Å². The second-order valence-corrected chi connectivity index (χ2v) is 12.2. The van der Waals surface area contributed by atoms with Crippen LogP contribution >= 0.6 is 0 Å². The number of unbranched alkanes of at least 4 members (excludes halogenated alkanes) is 25. The van der Waals surface area contributed by atoms with E-state index >= 15 is 0 Å². The number of aliphatic hydroxyl groups is 1. The summed E-state index contributed by atoms with van der Waals surface area (Å²) >= 11 is 0. The van der Waals surface area contributed by atoms with Crippen LogP contribution in [-0.4, -0.2) is 17.0 Å². The molecular formula is C36H64O6. The molecule has 1 heterocycles. The predicted molar refractivity (Wildman–Crippen MR) is 172 cm³/mol. The maximum Gasteiger partial charge on any atom is 0.424 e. The highest BCUT2D eigenvalue weighted by atomic mass is 17.2. The molecule has 1 aliphatic heterocycles. The van der Waals surface area contributed by atoms with Crippen LogP contribution in [0.15, 0.2) is 23.4 Å². The number of carbonyl (C=O) groups is 2. The minimum Gasteiger partial charge on any atom is -0.502 e. The highest BCUT2D eigenvalue weighted by molar-refractivity contribution is 5.91. The van der Waals surface area contributed by atoms with Gasteiger partial charge < -0.3 is 9.84 Å². The van der Waals surface area contributed by atoms with E-state index in [0.29, 0.717) is 18.6 Å². The Morgan fingerprint density at radius 1 is 0.571 bits per heavy atom. The molecule has 6 heteroatoms. The second-order valence-electron chi connectivity index (χ2n) is 12.2. The Kier molecular flexibility index (Phi) is 25.2. The predicted octanol–water partition coefficient (Wildman–Crippen LogP) is 11.6. The molecule has 0 aromatic carbocycles. The average molecular weight is 593 g/mol. The fourth-order valence-corrected chi connectivity index (χ4v) is 5.36. The van der Waals surface area contributed by atoms with Gasteiger partial charge in [0.05, 0.1) is 0 Å². The first-order valence-corrected chi connectivity index (χ1v) is 17.8. The Labute approximate surface area is 258 Å². The van der Waals surface area contributed by atoms with Crippen molar-refractivity contribution in [3.05, 3.63) is 23.4 Å². The summed E-state index contributed by atoms with van der Waals surface area (Å²) in [7, 11) is 0. The molecule has 0 amide bonds. The van der Waals surface area contributed by atoms with Crippen molar-refractivity contribution in [2.24, 2.45) is 0 Å². The van der Waals surface area contributed by atoms with Crippen molar-refractivity contribution >= 4 is 11.9 Å². The summed E-state index contributed by atoms with van der Waals surface area (Å²) in [6.07, 6.45) is 36.0. The summed E-state index contributed by atoms with van der Waals surface area (Å²) in [5.41, 5.74) is 0. The molecular weight excluding hydrogens is 528 g/mol. The minimum absolute atomic E-state index is 0.122. The highest BCUT2D eigenvalue weighted by Crippen LogP contribution is 2.32. The van der Waals surface area contributed by atoms with Crippen molar-refractivity contribution in [1.82, 2.24) is 0 Å². The number of aliphatic hydroxyl groups excluding tert-OH is 1. The van der Waals surface area contributed by atoms with Gasteiger partial charge in [-0.3, -0.25) is 0 Å². The first-order valence-electron chi connectivity index (χ1n) is 17.8. The summed E-state index contributed by atoms with van der Waals surface area (Å²) in [5.74, 6) is -1.67. The SMILES string of the molecule is CCCCCCCCCCCCCCC/C=C(\O)C(=O)OOC(=O)C1=C(CCCCCCCCCCCCCCC)O1. The van der Waals surface area contributed by atoms with E-state index in [1.54, 1.807) is 0 Å². The molecule has 0 bridgehead atoms. The molecule has 6 nitrogen and oxygen atoms in total. The van der Waals surface area contributed by atoms with Gasteiger partial charge in [0.25, 0.3) is 5.76 Å². The molecule has 42 heavy (non-hydrogen) atoms. The Balaban J connectivity index is 1.94. The number of hydrogen-bond donors (Lipinski definition) is 1. The number of rotatable bonds is 30. The van der Waals surface area contributed by atoms with E-state index in [-0.39, 0.29) is 5.76 Å². The molecule has 1 aliphatic rings. The Hall–Kier alpha value is -1.98. The summed E-state index contributed by atoms with van der Waals surface area (Å²) in [5, 5.41) is 9.87. The molecule has 0 fully saturated rings. The number of hydrogen-bond acceptors (Lipinski definition) is 6. The fraction of sp³-hybridized carbons (Fsp3) is 0.833. The molecule has 0 saturated heterocycles. The molecule has 0 unspecified atom stereocenters. The van der Waals surface area contributed by atoms with Gasteiger partial charge >= 0.3 is 11.9 Å². The summed E-state index contributed by atoms with van der Waals surface area (Å²) in [6.45, 7) is 4.51. The average Bonchev–Trinajstić information content (AvgIpc) is 3.78. The van der Waals surface area contributed by atoms with Crippen LogP contribution in [-0.2, 0) is 24.1 Å².